The number of oxime groups is 3. The van der Waals surface area contributed by atoms with E-state index in [9.17, 15) is 0 Å². The Morgan fingerprint density at radius 2 is 0.870 bits per heavy atom. The molecule has 0 saturated heterocycles. The monoisotopic (exact) mass is 702 g/mol. The quantitative estimate of drug-likeness (QED) is 0.0523. The normalized spacial score (nSPS) is 12.4. The molecule has 0 spiro atoms. The summed E-state index contributed by atoms with van der Waals surface area (Å²) in [7, 11) is 0. The number of nitrogens with one attached hydrogen (secondary N) is 3. The SMILES string of the molecule is CCCCCCCCCCCCCCCC[B-](O/N=C(\C)c1cc[nH]n1)(O/N=C(\C)c1cc[nH]n1)O/N=C(\C)c1cc[nH]n1.[Cl-].[Co+2]. The number of H-pyrrole nitrogens is 3. The fraction of sp³-hybridized carbons (Fsp3) is 0.613. The molecular formula is C31H51BClCoN9O3. The molecule has 0 atom stereocenters. The predicted octanol–water partition coefficient (Wildman–Crippen LogP) is 4.90. The van der Waals surface area contributed by atoms with Gasteiger partial charge >= 0.3 is 23.5 Å². The zero-order valence-corrected chi connectivity index (χ0v) is 29.6. The first-order valence-electron chi connectivity index (χ1n) is 16.4. The van der Waals surface area contributed by atoms with Gasteiger partial charge in [0.2, 0.25) is 0 Å². The van der Waals surface area contributed by atoms with Crippen LogP contribution in [0, 0.1) is 0 Å². The Balaban J connectivity index is 0.00000529. The van der Waals surface area contributed by atoms with E-state index in [1.165, 1.54) is 70.6 Å². The number of halogens is 1. The molecule has 0 unspecified atom stereocenters. The van der Waals surface area contributed by atoms with Gasteiger partial charge in [0, 0.05) is 18.6 Å². The van der Waals surface area contributed by atoms with E-state index >= 15 is 0 Å². The van der Waals surface area contributed by atoms with Crippen LogP contribution >= 0.6 is 0 Å². The topological polar surface area (TPSA) is 151 Å². The molecule has 46 heavy (non-hydrogen) atoms. The molecule has 3 aromatic rings. The summed E-state index contributed by atoms with van der Waals surface area (Å²) < 4.78 is 18.1. The van der Waals surface area contributed by atoms with E-state index in [0.29, 0.717) is 40.5 Å². The van der Waals surface area contributed by atoms with Gasteiger partial charge in [0.25, 0.3) is 0 Å². The molecule has 12 nitrogen and oxygen atoms in total. The van der Waals surface area contributed by atoms with Crippen LogP contribution in [0.1, 0.15) is 135 Å². The fourth-order valence-electron chi connectivity index (χ4n) is 4.81. The molecule has 3 heterocycles. The Hall–Kier alpha value is -3.10. The van der Waals surface area contributed by atoms with Crippen LogP contribution in [0.3, 0.4) is 0 Å². The van der Waals surface area contributed by atoms with Crippen molar-refractivity contribution >= 4 is 23.9 Å². The van der Waals surface area contributed by atoms with Crippen LogP contribution in [-0.2, 0) is 31.0 Å². The number of aromatic nitrogens is 6. The minimum Gasteiger partial charge on any atom is -1.00 e. The van der Waals surface area contributed by atoms with Crippen molar-refractivity contribution in [2.75, 3.05) is 0 Å². The van der Waals surface area contributed by atoms with Gasteiger partial charge in [0.1, 0.15) is 17.1 Å². The van der Waals surface area contributed by atoms with Crippen LogP contribution in [0.2, 0.25) is 6.32 Å². The van der Waals surface area contributed by atoms with E-state index in [4.69, 9.17) is 14.3 Å². The molecule has 3 rings (SSSR count). The summed E-state index contributed by atoms with van der Waals surface area (Å²) in [5.74, 6) is 0. The third-order valence-corrected chi connectivity index (χ3v) is 7.58. The van der Waals surface area contributed by atoms with E-state index in [1.54, 1.807) is 39.4 Å². The van der Waals surface area contributed by atoms with Gasteiger partial charge in [0.15, 0.2) is 0 Å². The molecule has 0 aliphatic rings. The van der Waals surface area contributed by atoms with E-state index in [2.05, 4.69) is 53.0 Å². The molecule has 3 aromatic heterocycles. The Morgan fingerprint density at radius 1 is 0.565 bits per heavy atom. The van der Waals surface area contributed by atoms with Gasteiger partial charge in [-0.1, -0.05) is 103 Å². The van der Waals surface area contributed by atoms with Gasteiger partial charge in [0.05, 0.1) is 17.1 Å². The summed E-state index contributed by atoms with van der Waals surface area (Å²) in [6.07, 6.45) is 23.2. The van der Waals surface area contributed by atoms with E-state index in [-0.39, 0.29) is 29.2 Å². The average Bonchev–Trinajstić information content (AvgIpc) is 3.85. The maximum atomic E-state index is 6.05. The van der Waals surface area contributed by atoms with Crippen LogP contribution in [0.4, 0.5) is 0 Å². The van der Waals surface area contributed by atoms with Crippen LogP contribution in [0.15, 0.2) is 52.3 Å². The van der Waals surface area contributed by atoms with Crippen molar-refractivity contribution in [3.05, 3.63) is 53.9 Å². The molecule has 0 aliphatic heterocycles. The maximum absolute atomic E-state index is 6.05. The molecule has 0 aliphatic carbocycles. The molecule has 15 heteroatoms. The molecule has 0 fully saturated rings. The van der Waals surface area contributed by atoms with Crippen molar-refractivity contribution in [1.29, 1.82) is 0 Å². The minimum atomic E-state index is -2.57. The molecule has 0 amide bonds. The molecule has 3 N–H and O–H groups in total. The van der Waals surface area contributed by atoms with Gasteiger partial charge in [-0.25, -0.2) is 0 Å². The van der Waals surface area contributed by atoms with Crippen molar-refractivity contribution < 1.29 is 43.5 Å². The minimum absolute atomic E-state index is 0. The van der Waals surface area contributed by atoms with E-state index < -0.39 is 6.75 Å². The van der Waals surface area contributed by atoms with E-state index in [1.807, 2.05) is 18.2 Å². The smallest absolute Gasteiger partial charge is 1.00 e. The second-order valence-electron chi connectivity index (χ2n) is 11.4. The van der Waals surface area contributed by atoms with Crippen molar-refractivity contribution in [2.24, 2.45) is 15.5 Å². The number of hydrogen-bond acceptors (Lipinski definition) is 9. The van der Waals surface area contributed by atoms with Crippen molar-refractivity contribution in [3.63, 3.8) is 0 Å². The fourth-order valence-corrected chi connectivity index (χ4v) is 4.81. The number of hydrogen-bond donors (Lipinski definition) is 3. The summed E-state index contributed by atoms with van der Waals surface area (Å²) >= 11 is 0. The first-order chi connectivity index (χ1) is 21.5. The van der Waals surface area contributed by atoms with Crippen molar-refractivity contribution in [1.82, 2.24) is 30.6 Å². The number of nitrogens with zero attached hydrogens (tertiary/aromatic N) is 6. The molecule has 0 aromatic carbocycles. The van der Waals surface area contributed by atoms with Crippen LogP contribution in [0.5, 0.6) is 0 Å². The predicted molar refractivity (Wildman–Crippen MR) is 177 cm³/mol. The standard InChI is InChI=1S/C31H51BN9O3.ClH.Co/c1-5-6-7-8-9-10-11-12-13-14-15-16-17-18-22-32(42-39-26(2)29-19-23-33-36-29,43-40-27(3)30-20-24-34-37-30)44-41-28(4)31-21-25-35-38-31;;/h19-21,23-25H,5-18,22H2,1-4H3,(H,33,36)(H,34,37)(H,35,38);1H;/q-1;;+2/p-1/b39-26+,40-27+,41-28+;;. The number of aromatic amines is 3. The zero-order valence-electron chi connectivity index (χ0n) is 27.8. The van der Waals surface area contributed by atoms with Gasteiger partial charge in [-0.15, -0.1) is 15.5 Å². The summed E-state index contributed by atoms with van der Waals surface area (Å²) in [6.45, 7) is 5.12. The van der Waals surface area contributed by atoms with Gasteiger partial charge in [-0.2, -0.15) is 15.3 Å². The van der Waals surface area contributed by atoms with Crippen molar-refractivity contribution in [2.45, 2.75) is 124 Å². The van der Waals surface area contributed by atoms with Gasteiger partial charge < -0.3 is 26.7 Å². The van der Waals surface area contributed by atoms with Crippen molar-refractivity contribution in [3.8, 4) is 0 Å². The second kappa shape index (κ2) is 24.1. The summed E-state index contributed by atoms with van der Waals surface area (Å²) in [6, 6.07) is 5.43. The Bertz CT molecular complexity index is 1110. The maximum Gasteiger partial charge on any atom is 2.00 e. The molecule has 0 saturated carbocycles. The Labute approximate surface area is 290 Å². The largest absolute Gasteiger partial charge is 2.00 e. The van der Waals surface area contributed by atoms with Crippen LogP contribution < -0.4 is 12.4 Å². The first-order valence-corrected chi connectivity index (χ1v) is 16.4. The van der Waals surface area contributed by atoms with Gasteiger partial charge in [-0.05, 0) is 39.0 Å². The number of unbranched alkanes of at least 4 members (excludes halogenated alkanes) is 13. The molecular weight excluding hydrogens is 652 g/mol. The first kappa shape index (κ1) is 40.9. The second-order valence-corrected chi connectivity index (χ2v) is 11.4. The van der Waals surface area contributed by atoms with Crippen LogP contribution in [-0.4, -0.2) is 54.5 Å². The number of rotatable bonds is 24. The summed E-state index contributed by atoms with van der Waals surface area (Å²) in [4.78, 5) is 0. The zero-order chi connectivity index (χ0) is 31.3. The molecule has 1 radical (unpaired) electrons. The Kier molecular flexibility index (Phi) is 21.5. The Morgan fingerprint density at radius 3 is 1.15 bits per heavy atom. The van der Waals surface area contributed by atoms with Gasteiger partial charge in [-0.3, -0.25) is 15.3 Å². The average molecular weight is 703 g/mol. The summed E-state index contributed by atoms with van der Waals surface area (Å²) in [5.41, 5.74) is 3.64. The van der Waals surface area contributed by atoms with Crippen LogP contribution in [0.25, 0.3) is 0 Å². The molecule has 257 valence electrons. The summed E-state index contributed by atoms with van der Waals surface area (Å²) in [5, 5.41) is 33.9. The third-order valence-electron chi connectivity index (χ3n) is 7.58. The molecule has 0 bridgehead atoms. The third kappa shape index (κ3) is 15.5. The van der Waals surface area contributed by atoms with E-state index in [0.717, 1.165) is 19.3 Å².